The molecule has 154 valence electrons. The van der Waals surface area contributed by atoms with E-state index in [9.17, 15) is 0 Å². The molecule has 0 saturated carbocycles. The first-order chi connectivity index (χ1) is 12.7. The number of rotatable bonds is 9. The van der Waals surface area contributed by atoms with E-state index in [4.69, 9.17) is 4.74 Å². The molecule has 2 rings (SSSR count). The van der Waals surface area contributed by atoms with Crippen molar-refractivity contribution in [1.29, 1.82) is 0 Å². The Hall–Kier alpha value is -0.860. The van der Waals surface area contributed by atoms with Crippen molar-refractivity contribution < 1.29 is 4.74 Å². The number of ether oxygens (including phenoxy) is 1. The highest BCUT2D eigenvalue weighted by molar-refractivity contribution is 14.0. The lowest BCUT2D eigenvalue weighted by molar-refractivity contribution is 0.00566. The van der Waals surface area contributed by atoms with Gasteiger partial charge in [-0.1, -0.05) is 30.3 Å². The van der Waals surface area contributed by atoms with Crippen LogP contribution in [-0.4, -0.2) is 55.8 Å². The Kier molecular flexibility index (Phi) is 12.7. The van der Waals surface area contributed by atoms with Crippen LogP contribution < -0.4 is 10.6 Å². The van der Waals surface area contributed by atoms with Crippen LogP contribution in [0.5, 0.6) is 0 Å². The SMILES string of the molecule is CCNC(=NCCCOC1CCN(Cc2ccccc2)CC1)NC(C)C.I. The number of halogens is 1. The first-order valence-corrected chi connectivity index (χ1v) is 10.1. The molecule has 0 aliphatic carbocycles. The van der Waals surface area contributed by atoms with E-state index >= 15 is 0 Å². The fourth-order valence-corrected chi connectivity index (χ4v) is 3.17. The number of nitrogens with zero attached hydrogens (tertiary/aromatic N) is 2. The van der Waals surface area contributed by atoms with Gasteiger partial charge in [-0.3, -0.25) is 9.89 Å². The van der Waals surface area contributed by atoms with Crippen molar-refractivity contribution in [3.05, 3.63) is 35.9 Å². The zero-order chi connectivity index (χ0) is 18.6. The minimum absolute atomic E-state index is 0. The molecule has 1 aromatic rings. The second-order valence-electron chi connectivity index (χ2n) is 7.25. The van der Waals surface area contributed by atoms with Gasteiger partial charge < -0.3 is 15.4 Å². The monoisotopic (exact) mass is 488 g/mol. The van der Waals surface area contributed by atoms with E-state index in [1.807, 2.05) is 0 Å². The molecule has 1 fully saturated rings. The normalized spacial score (nSPS) is 16.2. The zero-order valence-electron chi connectivity index (χ0n) is 17.1. The van der Waals surface area contributed by atoms with Crippen LogP contribution >= 0.6 is 24.0 Å². The molecule has 0 spiro atoms. The summed E-state index contributed by atoms with van der Waals surface area (Å²) in [6.07, 6.45) is 3.65. The molecule has 1 aromatic carbocycles. The highest BCUT2D eigenvalue weighted by atomic mass is 127. The Morgan fingerprint density at radius 2 is 1.93 bits per heavy atom. The van der Waals surface area contributed by atoms with Crippen molar-refractivity contribution in [2.75, 3.05) is 32.8 Å². The van der Waals surface area contributed by atoms with E-state index in [0.717, 1.165) is 64.6 Å². The number of nitrogens with one attached hydrogen (secondary N) is 2. The highest BCUT2D eigenvalue weighted by Gasteiger charge is 2.19. The average molecular weight is 488 g/mol. The summed E-state index contributed by atoms with van der Waals surface area (Å²) in [4.78, 5) is 7.13. The molecule has 2 N–H and O–H groups in total. The third-order valence-electron chi connectivity index (χ3n) is 4.48. The van der Waals surface area contributed by atoms with Gasteiger partial charge in [0.2, 0.25) is 0 Å². The van der Waals surface area contributed by atoms with Crippen LogP contribution in [-0.2, 0) is 11.3 Å². The minimum Gasteiger partial charge on any atom is -0.378 e. The van der Waals surface area contributed by atoms with E-state index in [1.165, 1.54) is 5.56 Å². The summed E-state index contributed by atoms with van der Waals surface area (Å²) in [6, 6.07) is 11.1. The molecule has 1 aliphatic rings. The zero-order valence-corrected chi connectivity index (χ0v) is 19.4. The largest absolute Gasteiger partial charge is 0.378 e. The van der Waals surface area contributed by atoms with Gasteiger partial charge in [-0.05, 0) is 45.6 Å². The maximum Gasteiger partial charge on any atom is 0.191 e. The van der Waals surface area contributed by atoms with Gasteiger partial charge in [0, 0.05) is 45.4 Å². The Balaban J connectivity index is 0.00000364. The van der Waals surface area contributed by atoms with Gasteiger partial charge in [-0.2, -0.15) is 0 Å². The quantitative estimate of drug-likeness (QED) is 0.241. The summed E-state index contributed by atoms with van der Waals surface area (Å²) < 4.78 is 6.07. The summed E-state index contributed by atoms with van der Waals surface area (Å²) >= 11 is 0. The predicted molar refractivity (Wildman–Crippen MR) is 125 cm³/mol. The second kappa shape index (κ2) is 14.2. The van der Waals surface area contributed by atoms with Crippen molar-refractivity contribution in [3.63, 3.8) is 0 Å². The molecule has 0 aromatic heterocycles. The van der Waals surface area contributed by atoms with E-state index in [2.05, 4.69) is 71.6 Å². The second-order valence-corrected chi connectivity index (χ2v) is 7.25. The molecule has 0 radical (unpaired) electrons. The molecule has 1 aliphatic heterocycles. The van der Waals surface area contributed by atoms with Gasteiger partial charge in [0.25, 0.3) is 0 Å². The smallest absolute Gasteiger partial charge is 0.191 e. The lowest BCUT2D eigenvalue weighted by Gasteiger charge is -2.31. The van der Waals surface area contributed by atoms with Crippen LogP contribution in [0.25, 0.3) is 0 Å². The Morgan fingerprint density at radius 1 is 1.22 bits per heavy atom. The number of guanidine groups is 1. The van der Waals surface area contributed by atoms with E-state index in [-0.39, 0.29) is 24.0 Å². The van der Waals surface area contributed by atoms with Gasteiger partial charge in [-0.25, -0.2) is 0 Å². The average Bonchev–Trinajstić information content (AvgIpc) is 2.63. The van der Waals surface area contributed by atoms with E-state index in [1.54, 1.807) is 0 Å². The molecule has 0 amide bonds. The molecule has 0 unspecified atom stereocenters. The minimum atomic E-state index is 0. The third-order valence-corrected chi connectivity index (χ3v) is 4.48. The molecule has 6 heteroatoms. The number of hydrogen-bond donors (Lipinski definition) is 2. The molecule has 0 bridgehead atoms. The third kappa shape index (κ3) is 10.3. The van der Waals surface area contributed by atoms with Gasteiger partial charge in [-0.15, -0.1) is 24.0 Å². The topological polar surface area (TPSA) is 48.9 Å². The lowest BCUT2D eigenvalue weighted by Crippen LogP contribution is -2.41. The summed E-state index contributed by atoms with van der Waals surface area (Å²) in [7, 11) is 0. The van der Waals surface area contributed by atoms with Crippen molar-refractivity contribution in [3.8, 4) is 0 Å². The van der Waals surface area contributed by atoms with Gasteiger partial charge in [0.05, 0.1) is 6.10 Å². The molecule has 5 nitrogen and oxygen atoms in total. The van der Waals surface area contributed by atoms with E-state index < -0.39 is 0 Å². The van der Waals surface area contributed by atoms with Crippen molar-refractivity contribution in [1.82, 2.24) is 15.5 Å². The fourth-order valence-electron chi connectivity index (χ4n) is 3.17. The number of aliphatic imine (C=N–C) groups is 1. The van der Waals surface area contributed by atoms with Gasteiger partial charge in [0.1, 0.15) is 0 Å². The molecular weight excluding hydrogens is 451 g/mol. The fraction of sp³-hybridized carbons (Fsp3) is 0.667. The van der Waals surface area contributed by atoms with Gasteiger partial charge >= 0.3 is 0 Å². The summed E-state index contributed by atoms with van der Waals surface area (Å²) in [5.41, 5.74) is 1.40. The highest BCUT2D eigenvalue weighted by Crippen LogP contribution is 2.16. The number of benzene rings is 1. The number of likely N-dealkylation sites (tertiary alicyclic amines) is 1. The molecule has 1 saturated heterocycles. The predicted octanol–water partition coefficient (Wildman–Crippen LogP) is 3.64. The van der Waals surface area contributed by atoms with Crippen LogP contribution in [0.2, 0.25) is 0 Å². The first-order valence-electron chi connectivity index (χ1n) is 10.1. The molecule has 0 atom stereocenters. The van der Waals surface area contributed by atoms with Crippen LogP contribution in [0.3, 0.4) is 0 Å². The molecular formula is C21H37IN4O. The summed E-state index contributed by atoms with van der Waals surface area (Å²) in [5.74, 6) is 0.900. The Labute approximate surface area is 182 Å². The number of piperidine rings is 1. The van der Waals surface area contributed by atoms with Crippen LogP contribution in [0.1, 0.15) is 45.6 Å². The lowest BCUT2D eigenvalue weighted by atomic mass is 10.1. The first kappa shape index (κ1) is 24.2. The van der Waals surface area contributed by atoms with Crippen molar-refractivity contribution in [2.45, 2.75) is 58.7 Å². The van der Waals surface area contributed by atoms with Crippen LogP contribution in [0.4, 0.5) is 0 Å². The van der Waals surface area contributed by atoms with Crippen LogP contribution in [0.15, 0.2) is 35.3 Å². The Bertz CT molecular complexity index is 516. The summed E-state index contributed by atoms with van der Waals surface area (Å²) in [5, 5.41) is 6.61. The standard InChI is InChI=1S/C21H36N4O.HI/c1-4-22-21(24-18(2)3)23-13-8-16-26-20-11-14-25(15-12-20)17-19-9-6-5-7-10-19;/h5-7,9-10,18,20H,4,8,11-17H2,1-3H3,(H2,22,23,24);1H. The van der Waals surface area contributed by atoms with Gasteiger partial charge in [0.15, 0.2) is 5.96 Å². The molecule has 1 heterocycles. The van der Waals surface area contributed by atoms with Crippen molar-refractivity contribution in [2.24, 2.45) is 4.99 Å². The maximum absolute atomic E-state index is 6.07. The molecule has 27 heavy (non-hydrogen) atoms. The summed E-state index contributed by atoms with van der Waals surface area (Å²) in [6.45, 7) is 12.1. The maximum atomic E-state index is 6.07. The van der Waals surface area contributed by atoms with E-state index in [0.29, 0.717) is 12.1 Å². The number of hydrogen-bond acceptors (Lipinski definition) is 3. The Morgan fingerprint density at radius 3 is 2.56 bits per heavy atom. The van der Waals surface area contributed by atoms with Crippen LogP contribution in [0, 0.1) is 0 Å². The van der Waals surface area contributed by atoms with Crippen molar-refractivity contribution >= 4 is 29.9 Å².